The Bertz CT molecular complexity index is 1440. The second kappa shape index (κ2) is 12.7. The van der Waals surface area contributed by atoms with Gasteiger partial charge in [0.05, 0.1) is 17.7 Å². The molecule has 40 heavy (non-hydrogen) atoms. The van der Waals surface area contributed by atoms with Crippen molar-refractivity contribution in [2.24, 2.45) is 0 Å². The highest BCUT2D eigenvalue weighted by atomic mass is 35.5. The molecule has 3 rings (SSSR count). The van der Waals surface area contributed by atoms with E-state index in [4.69, 9.17) is 16.3 Å². The van der Waals surface area contributed by atoms with Gasteiger partial charge in [-0.3, -0.25) is 13.9 Å². The molecule has 1 atom stereocenters. The van der Waals surface area contributed by atoms with Crippen LogP contribution in [0.25, 0.3) is 0 Å². The molecule has 10 heteroatoms. The van der Waals surface area contributed by atoms with Gasteiger partial charge in [-0.05, 0) is 76.6 Å². The number of sulfonamides is 1. The van der Waals surface area contributed by atoms with Crippen LogP contribution in [0.3, 0.4) is 0 Å². The molecule has 8 nitrogen and oxygen atoms in total. The number of hydrogen-bond donors (Lipinski definition) is 1. The molecule has 0 radical (unpaired) electrons. The zero-order valence-corrected chi connectivity index (χ0v) is 25.2. The summed E-state index contributed by atoms with van der Waals surface area (Å²) in [6, 6.07) is 19.0. The van der Waals surface area contributed by atoms with E-state index in [-0.39, 0.29) is 28.8 Å². The number of rotatable bonds is 10. The predicted molar refractivity (Wildman–Crippen MR) is 158 cm³/mol. The number of hydrogen-bond acceptors (Lipinski definition) is 5. The molecule has 0 aliphatic heterocycles. The van der Waals surface area contributed by atoms with Crippen molar-refractivity contribution in [3.63, 3.8) is 0 Å². The summed E-state index contributed by atoms with van der Waals surface area (Å²) in [6.07, 6.45) is 0. The van der Waals surface area contributed by atoms with Gasteiger partial charge in [0.1, 0.15) is 18.3 Å². The van der Waals surface area contributed by atoms with Crippen LogP contribution in [0.15, 0.2) is 77.7 Å². The van der Waals surface area contributed by atoms with Crippen molar-refractivity contribution < 1.29 is 22.7 Å². The molecule has 0 aliphatic rings. The number of para-hydroxylation sites is 2. The van der Waals surface area contributed by atoms with Crippen LogP contribution >= 0.6 is 11.6 Å². The van der Waals surface area contributed by atoms with Gasteiger partial charge in [-0.1, -0.05) is 53.6 Å². The second-order valence-corrected chi connectivity index (χ2v) is 12.9. The summed E-state index contributed by atoms with van der Waals surface area (Å²) in [5, 5.41) is 3.44. The Morgan fingerprint density at radius 3 is 2.15 bits per heavy atom. The minimum absolute atomic E-state index is 0.0274. The fourth-order valence-corrected chi connectivity index (χ4v) is 5.58. The molecule has 3 aromatic rings. The van der Waals surface area contributed by atoms with Crippen molar-refractivity contribution in [1.29, 1.82) is 0 Å². The van der Waals surface area contributed by atoms with Gasteiger partial charge in [-0.2, -0.15) is 0 Å². The fraction of sp³-hybridized carbons (Fsp3) is 0.333. The molecule has 0 heterocycles. The first-order chi connectivity index (χ1) is 18.7. The van der Waals surface area contributed by atoms with Gasteiger partial charge in [0.2, 0.25) is 11.8 Å². The Hall–Kier alpha value is -3.56. The predicted octanol–water partition coefficient (Wildman–Crippen LogP) is 5.18. The number of anilines is 1. The third-order valence-electron chi connectivity index (χ3n) is 6.17. The van der Waals surface area contributed by atoms with Gasteiger partial charge in [0, 0.05) is 17.1 Å². The number of halogens is 1. The van der Waals surface area contributed by atoms with E-state index in [1.807, 2.05) is 27.7 Å². The molecular weight excluding hydrogens is 550 g/mol. The number of amides is 2. The molecule has 0 aliphatic carbocycles. The lowest BCUT2D eigenvalue weighted by atomic mass is 10.1. The first-order valence-corrected chi connectivity index (χ1v) is 14.6. The van der Waals surface area contributed by atoms with Crippen LogP contribution < -0.4 is 14.4 Å². The molecule has 0 fully saturated rings. The smallest absolute Gasteiger partial charge is 0.264 e. The van der Waals surface area contributed by atoms with E-state index in [0.717, 1.165) is 15.4 Å². The number of ether oxygens (including phenoxy) is 1. The van der Waals surface area contributed by atoms with Crippen LogP contribution in [-0.2, 0) is 26.2 Å². The molecule has 0 spiro atoms. The molecule has 0 aromatic heterocycles. The normalized spacial score (nSPS) is 12.4. The monoisotopic (exact) mass is 585 g/mol. The topological polar surface area (TPSA) is 96.0 Å². The molecule has 0 saturated carbocycles. The Labute approximate surface area is 241 Å². The third-order valence-corrected chi connectivity index (χ3v) is 8.20. The Morgan fingerprint density at radius 2 is 1.57 bits per heavy atom. The van der Waals surface area contributed by atoms with E-state index < -0.39 is 34.1 Å². The number of aryl methyl sites for hydroxylation is 1. The summed E-state index contributed by atoms with van der Waals surface area (Å²) in [6.45, 7) is 8.53. The number of carbonyl (C=O) groups is 2. The summed E-state index contributed by atoms with van der Waals surface area (Å²) in [5.41, 5.74) is 1.31. The molecule has 1 unspecified atom stereocenters. The molecule has 0 saturated heterocycles. The standard InChI is InChI=1S/C30H36ClN3O5S/c1-21-11-17-25(18-12-21)40(37,38)34(26-9-7-8-10-27(26)39-6)20-28(35)33(19-23-13-15-24(31)16-14-23)22(2)29(36)32-30(3,4)5/h7-18,22H,19-20H2,1-6H3,(H,32,36). The lowest BCUT2D eigenvalue weighted by molar-refractivity contribution is -0.140. The van der Waals surface area contributed by atoms with Crippen molar-refractivity contribution in [3.8, 4) is 5.75 Å². The number of nitrogens with zero attached hydrogens (tertiary/aromatic N) is 2. The highest BCUT2D eigenvalue weighted by Crippen LogP contribution is 2.32. The summed E-state index contributed by atoms with van der Waals surface area (Å²) < 4.78 is 34.4. The van der Waals surface area contributed by atoms with Gasteiger partial charge in [-0.25, -0.2) is 8.42 Å². The third kappa shape index (κ3) is 7.76. The van der Waals surface area contributed by atoms with E-state index in [0.29, 0.717) is 5.02 Å². The Kier molecular flexibility index (Phi) is 9.87. The minimum Gasteiger partial charge on any atom is -0.495 e. The number of carbonyl (C=O) groups excluding carboxylic acids is 2. The Balaban J connectivity index is 2.07. The maximum absolute atomic E-state index is 14.0. The maximum Gasteiger partial charge on any atom is 0.264 e. The highest BCUT2D eigenvalue weighted by Gasteiger charge is 2.34. The number of benzene rings is 3. The molecule has 0 bridgehead atoms. The van der Waals surface area contributed by atoms with E-state index in [1.165, 1.54) is 24.1 Å². The van der Waals surface area contributed by atoms with Crippen molar-refractivity contribution in [2.45, 2.75) is 57.6 Å². The Morgan fingerprint density at radius 1 is 0.975 bits per heavy atom. The molecule has 3 aromatic carbocycles. The van der Waals surface area contributed by atoms with Gasteiger partial charge in [0.25, 0.3) is 10.0 Å². The number of nitrogens with one attached hydrogen (secondary N) is 1. The first kappa shape index (κ1) is 31.0. The van der Waals surface area contributed by atoms with E-state index >= 15 is 0 Å². The molecular formula is C30H36ClN3O5S. The highest BCUT2D eigenvalue weighted by molar-refractivity contribution is 7.92. The van der Waals surface area contributed by atoms with Crippen molar-refractivity contribution in [3.05, 3.63) is 88.9 Å². The summed E-state index contributed by atoms with van der Waals surface area (Å²) >= 11 is 6.05. The van der Waals surface area contributed by atoms with Gasteiger partial charge < -0.3 is 15.0 Å². The van der Waals surface area contributed by atoms with Crippen LogP contribution in [0, 0.1) is 6.92 Å². The minimum atomic E-state index is -4.20. The first-order valence-electron chi connectivity index (χ1n) is 12.8. The van der Waals surface area contributed by atoms with Crippen LogP contribution in [0.5, 0.6) is 5.75 Å². The van der Waals surface area contributed by atoms with Gasteiger partial charge in [0.15, 0.2) is 0 Å². The van der Waals surface area contributed by atoms with E-state index in [2.05, 4.69) is 5.32 Å². The zero-order valence-electron chi connectivity index (χ0n) is 23.6. The lowest BCUT2D eigenvalue weighted by Gasteiger charge is -2.33. The van der Waals surface area contributed by atoms with Crippen molar-refractivity contribution in [1.82, 2.24) is 10.2 Å². The SMILES string of the molecule is COc1ccccc1N(CC(=O)N(Cc1ccc(Cl)cc1)C(C)C(=O)NC(C)(C)C)S(=O)(=O)c1ccc(C)cc1. The van der Waals surface area contributed by atoms with Crippen LogP contribution in [0.4, 0.5) is 5.69 Å². The van der Waals surface area contributed by atoms with E-state index in [9.17, 15) is 18.0 Å². The summed E-state index contributed by atoms with van der Waals surface area (Å²) in [4.78, 5) is 28.6. The molecule has 1 N–H and O–H groups in total. The van der Waals surface area contributed by atoms with Crippen molar-refractivity contribution >= 4 is 39.1 Å². The lowest BCUT2D eigenvalue weighted by Crippen LogP contribution is -2.54. The fourth-order valence-electron chi connectivity index (χ4n) is 4.03. The summed E-state index contributed by atoms with van der Waals surface area (Å²) in [7, 11) is -2.76. The van der Waals surface area contributed by atoms with Crippen molar-refractivity contribution in [2.75, 3.05) is 18.0 Å². The molecule has 2 amide bonds. The molecule has 214 valence electrons. The average Bonchev–Trinajstić information content (AvgIpc) is 2.90. The van der Waals surface area contributed by atoms with Gasteiger partial charge >= 0.3 is 0 Å². The van der Waals surface area contributed by atoms with Crippen LogP contribution in [0.1, 0.15) is 38.8 Å². The largest absolute Gasteiger partial charge is 0.495 e. The maximum atomic E-state index is 14.0. The van der Waals surface area contributed by atoms with Gasteiger partial charge in [-0.15, -0.1) is 0 Å². The average molecular weight is 586 g/mol. The van der Waals surface area contributed by atoms with E-state index in [1.54, 1.807) is 67.6 Å². The second-order valence-electron chi connectivity index (χ2n) is 10.6. The summed E-state index contributed by atoms with van der Waals surface area (Å²) in [5.74, 6) is -0.637. The number of methoxy groups -OCH3 is 1. The van der Waals surface area contributed by atoms with Crippen LogP contribution in [-0.4, -0.2) is 50.4 Å². The quantitative estimate of drug-likeness (QED) is 0.353. The zero-order chi connectivity index (χ0) is 29.7. The van der Waals surface area contributed by atoms with Crippen LogP contribution in [0.2, 0.25) is 5.02 Å².